The van der Waals surface area contributed by atoms with Crippen LogP contribution in [0.25, 0.3) is 0 Å². The van der Waals surface area contributed by atoms with Gasteiger partial charge in [0.25, 0.3) is 0 Å². The smallest absolute Gasteiger partial charge is 0.166 e. The first-order valence-electron chi connectivity index (χ1n) is 9.58. The molecule has 1 saturated heterocycles. The van der Waals surface area contributed by atoms with E-state index in [-0.39, 0.29) is 18.2 Å². The molecule has 6 nitrogen and oxygen atoms in total. The minimum atomic E-state index is -0.804. The van der Waals surface area contributed by atoms with Crippen molar-refractivity contribution in [1.29, 1.82) is 0 Å². The van der Waals surface area contributed by atoms with Crippen molar-refractivity contribution in [2.45, 2.75) is 49.0 Å². The van der Waals surface area contributed by atoms with E-state index in [0.29, 0.717) is 0 Å². The third kappa shape index (κ3) is 1.94. The molecule has 2 heterocycles. The number of ether oxygens (including phenoxy) is 4. The van der Waals surface area contributed by atoms with E-state index in [9.17, 15) is 5.11 Å². The van der Waals surface area contributed by atoms with Gasteiger partial charge in [0.05, 0.1) is 12.5 Å². The largest absolute Gasteiger partial charge is 0.493 e. The van der Waals surface area contributed by atoms with E-state index >= 15 is 0 Å². The molecule has 0 unspecified atom stereocenters. The quantitative estimate of drug-likeness (QED) is 0.640. The minimum absolute atomic E-state index is 0.136. The normalized spacial score (nSPS) is 38.9. The lowest BCUT2D eigenvalue weighted by Crippen LogP contribution is -2.70. The maximum Gasteiger partial charge on any atom is 0.166 e. The number of likely N-dealkylation sites (N-methyl/N-ethyl adjacent to an activating group) is 1. The van der Waals surface area contributed by atoms with Crippen LogP contribution in [0, 0.1) is 0 Å². The van der Waals surface area contributed by atoms with Crippen LogP contribution in [0.2, 0.25) is 0 Å². The summed E-state index contributed by atoms with van der Waals surface area (Å²) in [5, 5.41) is 11.4. The zero-order valence-corrected chi connectivity index (χ0v) is 16.3. The molecule has 5 atom stereocenters. The van der Waals surface area contributed by atoms with Crippen molar-refractivity contribution < 1.29 is 24.1 Å². The maximum absolute atomic E-state index is 11.4. The molecule has 1 aromatic rings. The molecule has 4 aliphatic rings. The maximum atomic E-state index is 11.4. The molecule has 1 spiro atoms. The minimum Gasteiger partial charge on any atom is -0.493 e. The van der Waals surface area contributed by atoms with Gasteiger partial charge in [0, 0.05) is 18.7 Å². The molecule has 1 fully saturated rings. The highest BCUT2D eigenvalue weighted by molar-refractivity contribution is 5.67. The van der Waals surface area contributed by atoms with E-state index in [4.69, 9.17) is 18.9 Å². The van der Waals surface area contributed by atoms with Crippen LogP contribution in [0.15, 0.2) is 23.8 Å². The highest BCUT2D eigenvalue weighted by atomic mass is 16.7. The second kappa shape index (κ2) is 5.70. The van der Waals surface area contributed by atoms with Gasteiger partial charge in [-0.1, -0.05) is 12.1 Å². The van der Waals surface area contributed by atoms with Gasteiger partial charge in [0.1, 0.15) is 24.6 Å². The zero-order chi connectivity index (χ0) is 19.0. The van der Waals surface area contributed by atoms with Crippen molar-refractivity contribution >= 4 is 0 Å². The zero-order valence-electron chi connectivity index (χ0n) is 16.3. The van der Waals surface area contributed by atoms with Gasteiger partial charge in [0.2, 0.25) is 0 Å². The topological polar surface area (TPSA) is 60.4 Å². The van der Waals surface area contributed by atoms with E-state index < -0.39 is 17.8 Å². The predicted octanol–water partition coefficient (Wildman–Crippen LogP) is 1.63. The second-order valence-corrected chi connectivity index (χ2v) is 8.30. The third-order valence-electron chi connectivity index (χ3n) is 7.25. The van der Waals surface area contributed by atoms with Crippen molar-refractivity contribution in [3.8, 4) is 11.5 Å². The fourth-order valence-electron chi connectivity index (χ4n) is 5.93. The Morgan fingerprint density at radius 1 is 1.33 bits per heavy atom. The van der Waals surface area contributed by atoms with E-state index in [1.54, 1.807) is 14.2 Å². The Labute approximate surface area is 159 Å². The van der Waals surface area contributed by atoms with Crippen molar-refractivity contribution in [2.24, 2.45) is 0 Å². The van der Waals surface area contributed by atoms with Crippen LogP contribution in [0.3, 0.4) is 0 Å². The number of hydrogen-bond donors (Lipinski definition) is 1. The second-order valence-electron chi connectivity index (χ2n) is 8.30. The molecular weight excluding hydrogens is 346 g/mol. The molecule has 1 N–H and O–H groups in total. The number of aliphatic hydroxyl groups is 1. The number of likely N-dealkylation sites (tertiary alicyclic amines) is 1. The van der Waals surface area contributed by atoms with E-state index in [0.717, 1.165) is 30.9 Å². The van der Waals surface area contributed by atoms with Gasteiger partial charge in [0.15, 0.2) is 11.5 Å². The van der Waals surface area contributed by atoms with Gasteiger partial charge in [-0.15, -0.1) is 0 Å². The van der Waals surface area contributed by atoms with Gasteiger partial charge in [-0.2, -0.15) is 0 Å². The van der Waals surface area contributed by atoms with Crippen molar-refractivity contribution in [1.82, 2.24) is 4.90 Å². The summed E-state index contributed by atoms with van der Waals surface area (Å²) in [6.45, 7) is 3.13. The van der Waals surface area contributed by atoms with Crippen LogP contribution < -0.4 is 9.47 Å². The molecule has 0 aromatic heterocycles. The molecule has 6 heteroatoms. The molecular formula is C21H27NO5. The number of methoxy groups -OCH3 is 2. The summed E-state index contributed by atoms with van der Waals surface area (Å²) < 4.78 is 23.1. The first-order valence-corrected chi connectivity index (χ1v) is 9.58. The summed E-state index contributed by atoms with van der Waals surface area (Å²) in [4.78, 5) is 2.41. The van der Waals surface area contributed by atoms with Gasteiger partial charge >= 0.3 is 0 Å². The standard InChI is InChI=1S/C21H27NO5/c1-20-19(23)16(26-11-24-3)10-13-14-9-12-5-6-15(25-4)18(27-20)17(12)21(13,20)7-8-22(14)2/h5-6,10,14,16,19,23H,7-9,11H2,1-4H3/t14-,16-,19-,20+,21+/m1/s1. The van der Waals surface area contributed by atoms with Crippen LogP contribution in [-0.4, -0.2) is 68.5 Å². The molecule has 146 valence electrons. The summed E-state index contributed by atoms with van der Waals surface area (Å²) in [7, 11) is 5.44. The van der Waals surface area contributed by atoms with Gasteiger partial charge < -0.3 is 24.1 Å². The third-order valence-corrected chi connectivity index (χ3v) is 7.25. The molecule has 0 saturated carbocycles. The number of benzene rings is 1. The molecule has 5 rings (SSSR count). The van der Waals surface area contributed by atoms with Crippen molar-refractivity contribution in [2.75, 3.05) is 34.6 Å². The summed E-state index contributed by atoms with van der Waals surface area (Å²) in [6, 6.07) is 4.44. The fraction of sp³-hybridized carbons (Fsp3) is 0.619. The highest BCUT2D eigenvalue weighted by Gasteiger charge is 2.70. The lowest BCUT2D eigenvalue weighted by atomic mass is 9.51. The fourth-order valence-corrected chi connectivity index (χ4v) is 5.93. The average Bonchev–Trinajstić information content (AvgIpc) is 2.94. The predicted molar refractivity (Wildman–Crippen MR) is 99.3 cm³/mol. The number of rotatable bonds is 4. The Balaban J connectivity index is 1.77. The lowest BCUT2D eigenvalue weighted by Gasteiger charge is -2.59. The Hall–Kier alpha value is -1.60. The number of nitrogens with zero attached hydrogens (tertiary/aromatic N) is 1. The molecule has 2 aliphatic carbocycles. The molecule has 1 aromatic carbocycles. The SMILES string of the molecule is COCO[C@@H]1C=C2[C@H]3Cc4ccc(OC)c5c4[C@@]2(CCN3C)[C@@](C)(O5)[C@@H]1O. The van der Waals surface area contributed by atoms with Gasteiger partial charge in [-0.3, -0.25) is 4.90 Å². The van der Waals surface area contributed by atoms with Gasteiger partial charge in [-0.25, -0.2) is 0 Å². The Kier molecular flexibility index (Phi) is 3.70. The summed E-state index contributed by atoms with van der Waals surface area (Å²) in [5.74, 6) is 1.52. The van der Waals surface area contributed by atoms with E-state index in [1.165, 1.54) is 16.7 Å². The van der Waals surface area contributed by atoms with Crippen LogP contribution in [-0.2, 0) is 21.3 Å². The molecule has 2 bridgehead atoms. The molecule has 0 radical (unpaired) electrons. The van der Waals surface area contributed by atoms with E-state index in [2.05, 4.69) is 24.1 Å². The summed E-state index contributed by atoms with van der Waals surface area (Å²) in [6.07, 6.45) is 2.71. The van der Waals surface area contributed by atoms with Crippen LogP contribution in [0.5, 0.6) is 11.5 Å². The Morgan fingerprint density at radius 2 is 2.15 bits per heavy atom. The van der Waals surface area contributed by atoms with Crippen LogP contribution >= 0.6 is 0 Å². The van der Waals surface area contributed by atoms with Crippen LogP contribution in [0.4, 0.5) is 0 Å². The lowest BCUT2D eigenvalue weighted by molar-refractivity contribution is -0.165. The number of hydrogen-bond acceptors (Lipinski definition) is 6. The first kappa shape index (κ1) is 17.5. The van der Waals surface area contributed by atoms with Gasteiger partial charge in [-0.05, 0) is 50.6 Å². The molecule has 2 aliphatic heterocycles. The summed E-state index contributed by atoms with van der Waals surface area (Å²) in [5.41, 5.74) is 2.68. The first-order chi connectivity index (χ1) is 13.0. The number of aliphatic hydroxyl groups excluding tert-OH is 1. The summed E-state index contributed by atoms with van der Waals surface area (Å²) >= 11 is 0. The Morgan fingerprint density at radius 3 is 2.89 bits per heavy atom. The van der Waals surface area contributed by atoms with E-state index in [1.807, 2.05) is 13.0 Å². The average molecular weight is 373 g/mol. The molecule has 0 amide bonds. The van der Waals surface area contributed by atoms with Crippen molar-refractivity contribution in [3.05, 3.63) is 34.9 Å². The van der Waals surface area contributed by atoms with Crippen molar-refractivity contribution in [3.63, 3.8) is 0 Å². The van der Waals surface area contributed by atoms with Crippen LogP contribution in [0.1, 0.15) is 24.5 Å². The number of piperidine rings is 1. The highest BCUT2D eigenvalue weighted by Crippen LogP contribution is 2.66. The monoisotopic (exact) mass is 373 g/mol. The Bertz CT molecular complexity index is 823. The molecule has 27 heavy (non-hydrogen) atoms.